The van der Waals surface area contributed by atoms with E-state index in [4.69, 9.17) is 0 Å². The minimum absolute atomic E-state index is 0.533. The predicted octanol–water partition coefficient (Wildman–Crippen LogP) is 3.69. The first-order chi connectivity index (χ1) is 6.98. The molecule has 0 aromatic rings. The summed E-state index contributed by atoms with van der Waals surface area (Å²) in [5.41, 5.74) is 0.533. The van der Waals surface area contributed by atoms with Gasteiger partial charge in [0.15, 0.2) is 0 Å². The zero-order valence-electron chi connectivity index (χ0n) is 10.9. The molecule has 1 unspecified atom stereocenters. The number of hydrogen-bond donors (Lipinski definition) is 0. The number of rotatable bonds is 1. The fraction of sp³-hybridized carbons (Fsp3) is 1.00. The maximum atomic E-state index is 2.74. The van der Waals surface area contributed by atoms with E-state index in [9.17, 15) is 0 Å². The van der Waals surface area contributed by atoms with Gasteiger partial charge < -0.3 is 0 Å². The largest absolute Gasteiger partial charge is 0.298 e. The molecule has 0 radical (unpaired) electrons. The highest BCUT2D eigenvalue weighted by Gasteiger charge is 2.35. The van der Waals surface area contributed by atoms with Crippen molar-refractivity contribution >= 4 is 0 Å². The van der Waals surface area contributed by atoms with Crippen molar-refractivity contribution in [3.05, 3.63) is 0 Å². The van der Waals surface area contributed by atoms with Crippen LogP contribution in [0.3, 0.4) is 0 Å². The molecular weight excluding hydrogens is 182 g/mol. The van der Waals surface area contributed by atoms with Crippen molar-refractivity contribution in [2.45, 2.75) is 71.9 Å². The summed E-state index contributed by atoms with van der Waals surface area (Å²) in [6, 6.07) is 1.80. The van der Waals surface area contributed by atoms with Crippen molar-refractivity contribution in [2.75, 3.05) is 6.54 Å². The van der Waals surface area contributed by atoms with E-state index in [1.165, 1.54) is 38.6 Å². The zero-order chi connectivity index (χ0) is 11.1. The summed E-state index contributed by atoms with van der Waals surface area (Å²) in [5.74, 6) is 0.963. The predicted molar refractivity (Wildman–Crippen MR) is 66.0 cm³/mol. The van der Waals surface area contributed by atoms with E-state index in [1.807, 2.05) is 0 Å². The topological polar surface area (TPSA) is 3.24 Å². The van der Waals surface area contributed by atoms with Crippen LogP contribution in [0.5, 0.6) is 0 Å². The fourth-order valence-electron chi connectivity index (χ4n) is 3.35. The molecule has 1 atom stereocenters. The van der Waals surface area contributed by atoms with Gasteiger partial charge in [0.1, 0.15) is 0 Å². The van der Waals surface area contributed by atoms with Gasteiger partial charge in [-0.2, -0.15) is 0 Å². The Morgan fingerprint density at radius 1 is 0.933 bits per heavy atom. The molecule has 0 N–H and O–H groups in total. The molecule has 0 aromatic heterocycles. The van der Waals surface area contributed by atoms with Crippen LogP contribution in [0.4, 0.5) is 0 Å². The molecule has 1 heteroatoms. The normalized spacial score (nSPS) is 38.8. The summed E-state index contributed by atoms with van der Waals surface area (Å²) in [7, 11) is 0. The van der Waals surface area contributed by atoms with Crippen LogP contribution in [0, 0.1) is 11.3 Å². The van der Waals surface area contributed by atoms with E-state index >= 15 is 0 Å². The Hall–Kier alpha value is -0.0400. The van der Waals surface area contributed by atoms with Gasteiger partial charge in [-0.1, -0.05) is 20.8 Å². The molecular formula is C14H27N. The van der Waals surface area contributed by atoms with Crippen molar-refractivity contribution in [2.24, 2.45) is 11.3 Å². The molecule has 0 aromatic carbocycles. The molecule has 0 spiro atoms. The lowest BCUT2D eigenvalue weighted by molar-refractivity contribution is 0.0146. The third-order valence-corrected chi connectivity index (χ3v) is 4.76. The average Bonchev–Trinajstić information content (AvgIpc) is 2.15. The third-order valence-electron chi connectivity index (χ3n) is 4.76. The second-order valence-corrected chi connectivity index (χ2v) is 6.75. The Balaban J connectivity index is 1.82. The molecule has 2 fully saturated rings. The first-order valence-electron chi connectivity index (χ1n) is 6.74. The highest BCUT2D eigenvalue weighted by Crippen LogP contribution is 2.40. The van der Waals surface area contributed by atoms with Crippen LogP contribution in [-0.2, 0) is 0 Å². The lowest BCUT2D eigenvalue weighted by atomic mass is 9.70. The lowest BCUT2D eigenvalue weighted by Gasteiger charge is -2.48. The van der Waals surface area contributed by atoms with Gasteiger partial charge in [0.25, 0.3) is 0 Å². The Labute approximate surface area is 95.2 Å². The van der Waals surface area contributed by atoms with Gasteiger partial charge in [-0.05, 0) is 50.4 Å². The molecule has 1 heterocycles. The minimum atomic E-state index is 0.533. The van der Waals surface area contributed by atoms with Crippen molar-refractivity contribution in [1.82, 2.24) is 4.90 Å². The molecule has 88 valence electrons. The monoisotopic (exact) mass is 209 g/mol. The molecule has 1 nitrogen and oxygen atoms in total. The Morgan fingerprint density at radius 3 is 1.87 bits per heavy atom. The second kappa shape index (κ2) is 4.08. The van der Waals surface area contributed by atoms with Crippen molar-refractivity contribution < 1.29 is 0 Å². The van der Waals surface area contributed by atoms with Crippen LogP contribution in [0.2, 0.25) is 0 Å². The Kier molecular flexibility index (Phi) is 3.12. The van der Waals surface area contributed by atoms with E-state index in [2.05, 4.69) is 32.6 Å². The van der Waals surface area contributed by atoms with E-state index in [0.29, 0.717) is 5.41 Å². The number of likely N-dealkylation sites (tertiary alicyclic amines) is 1. The van der Waals surface area contributed by atoms with Crippen LogP contribution in [0.1, 0.15) is 59.8 Å². The van der Waals surface area contributed by atoms with E-state index in [0.717, 1.165) is 18.0 Å². The van der Waals surface area contributed by atoms with Crippen LogP contribution in [-0.4, -0.2) is 23.5 Å². The SMILES string of the molecule is CC1CCN1C1CCC(C(C)(C)C)CC1. The summed E-state index contributed by atoms with van der Waals surface area (Å²) in [6.07, 6.45) is 7.24. The maximum Gasteiger partial charge on any atom is 0.00983 e. The van der Waals surface area contributed by atoms with Gasteiger partial charge in [0.05, 0.1) is 0 Å². The van der Waals surface area contributed by atoms with Gasteiger partial charge >= 0.3 is 0 Å². The standard InChI is InChI=1S/C14H27N/c1-11-9-10-15(11)13-7-5-12(6-8-13)14(2,3)4/h11-13H,5-10H2,1-4H3. The smallest absolute Gasteiger partial charge is 0.00983 e. The van der Waals surface area contributed by atoms with E-state index in [1.54, 1.807) is 0 Å². The third kappa shape index (κ3) is 2.38. The summed E-state index contributed by atoms with van der Waals surface area (Å²) in [4.78, 5) is 2.74. The van der Waals surface area contributed by atoms with Crippen molar-refractivity contribution in [3.8, 4) is 0 Å². The second-order valence-electron chi connectivity index (χ2n) is 6.75. The average molecular weight is 209 g/mol. The van der Waals surface area contributed by atoms with Crippen LogP contribution in [0.15, 0.2) is 0 Å². The van der Waals surface area contributed by atoms with E-state index in [-0.39, 0.29) is 0 Å². The molecule has 2 rings (SSSR count). The van der Waals surface area contributed by atoms with Crippen LogP contribution in [0.25, 0.3) is 0 Å². The molecule has 1 aliphatic heterocycles. The van der Waals surface area contributed by atoms with Crippen LogP contribution < -0.4 is 0 Å². The van der Waals surface area contributed by atoms with Gasteiger partial charge in [-0.15, -0.1) is 0 Å². The van der Waals surface area contributed by atoms with Gasteiger partial charge in [-0.25, -0.2) is 0 Å². The highest BCUT2D eigenvalue weighted by atomic mass is 15.2. The molecule has 0 bridgehead atoms. The molecule has 1 saturated heterocycles. The molecule has 15 heavy (non-hydrogen) atoms. The summed E-state index contributed by atoms with van der Waals surface area (Å²) < 4.78 is 0. The maximum absolute atomic E-state index is 2.74. The minimum Gasteiger partial charge on any atom is -0.298 e. The molecule has 1 saturated carbocycles. The quantitative estimate of drug-likeness (QED) is 0.636. The molecule has 2 aliphatic rings. The lowest BCUT2D eigenvalue weighted by Crippen LogP contribution is -2.53. The first-order valence-corrected chi connectivity index (χ1v) is 6.74. The van der Waals surface area contributed by atoms with Crippen molar-refractivity contribution in [3.63, 3.8) is 0 Å². The van der Waals surface area contributed by atoms with Gasteiger partial charge in [0, 0.05) is 18.6 Å². The molecule has 0 amide bonds. The Morgan fingerprint density at radius 2 is 1.53 bits per heavy atom. The summed E-state index contributed by atoms with van der Waals surface area (Å²) >= 11 is 0. The molecule has 1 aliphatic carbocycles. The number of hydrogen-bond acceptors (Lipinski definition) is 1. The van der Waals surface area contributed by atoms with Crippen molar-refractivity contribution in [1.29, 1.82) is 0 Å². The highest BCUT2D eigenvalue weighted by molar-refractivity contribution is 4.90. The first kappa shape index (κ1) is 11.4. The van der Waals surface area contributed by atoms with Crippen LogP contribution >= 0.6 is 0 Å². The zero-order valence-corrected chi connectivity index (χ0v) is 10.9. The van der Waals surface area contributed by atoms with E-state index < -0.39 is 0 Å². The van der Waals surface area contributed by atoms with Gasteiger partial charge in [0.2, 0.25) is 0 Å². The fourth-order valence-corrected chi connectivity index (χ4v) is 3.35. The Bertz CT molecular complexity index is 208. The number of nitrogens with zero attached hydrogens (tertiary/aromatic N) is 1. The van der Waals surface area contributed by atoms with Gasteiger partial charge in [-0.3, -0.25) is 4.90 Å². The summed E-state index contributed by atoms with van der Waals surface area (Å²) in [6.45, 7) is 11.0. The summed E-state index contributed by atoms with van der Waals surface area (Å²) in [5, 5.41) is 0.